The number of carbonyl (C=O) groups is 3. The first-order valence-corrected chi connectivity index (χ1v) is 11.0. The molecule has 28 heavy (non-hydrogen) atoms. The van der Waals surface area contributed by atoms with Gasteiger partial charge >= 0.3 is 173 Å². The molecular weight excluding hydrogens is 425 g/mol. The van der Waals surface area contributed by atoms with Gasteiger partial charge in [0.25, 0.3) is 0 Å². The van der Waals surface area contributed by atoms with Crippen molar-refractivity contribution in [1.82, 2.24) is 4.90 Å². The van der Waals surface area contributed by atoms with E-state index in [2.05, 4.69) is 0 Å². The second kappa shape index (κ2) is 7.88. The zero-order valence-electron chi connectivity index (χ0n) is 17.6. The monoisotopic (exact) mass is 455 g/mol. The molecule has 1 unspecified atom stereocenters. The molecule has 7 heteroatoms. The third kappa shape index (κ3) is 5.58. The van der Waals surface area contributed by atoms with Crippen molar-refractivity contribution in [2.45, 2.75) is 76.4 Å². The molecule has 1 heterocycles. The van der Waals surface area contributed by atoms with E-state index in [1.807, 2.05) is 37.3 Å². The molecule has 2 rings (SSSR count). The fourth-order valence-electron chi connectivity index (χ4n) is 2.86. The molecule has 1 aromatic rings. The summed E-state index contributed by atoms with van der Waals surface area (Å²) in [5, 5.41) is 0. The standard InChI is InChI=1S/C21H29NO5Se/c1-19(2,3)26-16(23)15-13-21(7,28-14-11-9-8-10-12-14)17(24)22(15)18(25)27-20(4,5)6/h8-12,15H,13H2,1-7H3/t15-,21?/m0/s1. The molecule has 2 atom stereocenters. The van der Waals surface area contributed by atoms with Crippen LogP contribution in [0, 0.1) is 0 Å². The summed E-state index contributed by atoms with van der Waals surface area (Å²) in [5.41, 5.74) is -1.50. The van der Waals surface area contributed by atoms with Crippen LogP contribution in [0.2, 0.25) is 4.31 Å². The summed E-state index contributed by atoms with van der Waals surface area (Å²) in [7, 11) is 0. The van der Waals surface area contributed by atoms with Gasteiger partial charge < -0.3 is 0 Å². The fraction of sp³-hybridized carbons (Fsp3) is 0.571. The van der Waals surface area contributed by atoms with Gasteiger partial charge in [-0.05, 0) is 0 Å². The number of amides is 2. The van der Waals surface area contributed by atoms with Crippen molar-refractivity contribution in [3.05, 3.63) is 30.3 Å². The number of likely N-dealkylation sites (tertiary alicyclic amines) is 1. The van der Waals surface area contributed by atoms with Crippen LogP contribution < -0.4 is 4.46 Å². The van der Waals surface area contributed by atoms with E-state index in [9.17, 15) is 14.4 Å². The van der Waals surface area contributed by atoms with Crippen molar-refractivity contribution in [3.8, 4) is 0 Å². The summed E-state index contributed by atoms with van der Waals surface area (Å²) in [4.78, 5) is 39.8. The Morgan fingerprint density at radius 2 is 1.57 bits per heavy atom. The van der Waals surface area contributed by atoms with Crippen molar-refractivity contribution in [2.24, 2.45) is 0 Å². The Labute approximate surface area is 173 Å². The second-order valence-electron chi connectivity index (χ2n) is 9.05. The van der Waals surface area contributed by atoms with Crippen LogP contribution in [0.15, 0.2) is 30.3 Å². The van der Waals surface area contributed by atoms with Gasteiger partial charge in [-0.15, -0.1) is 0 Å². The number of hydrogen-bond acceptors (Lipinski definition) is 5. The van der Waals surface area contributed by atoms with E-state index in [1.165, 1.54) is 0 Å². The van der Waals surface area contributed by atoms with Gasteiger partial charge in [0.15, 0.2) is 0 Å². The molecule has 0 radical (unpaired) electrons. The van der Waals surface area contributed by atoms with Crippen molar-refractivity contribution >= 4 is 37.4 Å². The van der Waals surface area contributed by atoms with Gasteiger partial charge in [0.1, 0.15) is 0 Å². The molecule has 1 aliphatic rings. The Balaban J connectivity index is 2.35. The number of imide groups is 1. The summed E-state index contributed by atoms with van der Waals surface area (Å²) in [5.74, 6) is -0.972. The van der Waals surface area contributed by atoms with Crippen molar-refractivity contribution in [1.29, 1.82) is 0 Å². The first-order valence-electron chi connectivity index (χ1n) is 9.25. The Bertz CT molecular complexity index is 750. The molecule has 1 fully saturated rings. The number of carbonyl (C=O) groups excluding carboxylic acids is 3. The van der Waals surface area contributed by atoms with Gasteiger partial charge in [0, 0.05) is 0 Å². The molecule has 0 bridgehead atoms. The van der Waals surface area contributed by atoms with Crippen LogP contribution in [-0.2, 0) is 19.1 Å². The summed E-state index contributed by atoms with van der Waals surface area (Å²) in [6, 6.07) is 8.66. The van der Waals surface area contributed by atoms with E-state index in [-0.39, 0.29) is 27.3 Å². The Morgan fingerprint density at radius 3 is 2.07 bits per heavy atom. The predicted molar refractivity (Wildman–Crippen MR) is 108 cm³/mol. The second-order valence-corrected chi connectivity index (χ2v) is 12.4. The molecule has 0 aromatic heterocycles. The number of benzene rings is 1. The minimum absolute atomic E-state index is 0.217. The number of esters is 1. The zero-order chi connectivity index (χ0) is 21.3. The molecule has 0 saturated carbocycles. The summed E-state index contributed by atoms with van der Waals surface area (Å²) in [6.45, 7) is 12.2. The average Bonchev–Trinajstić information content (AvgIpc) is 2.77. The van der Waals surface area contributed by atoms with Crippen LogP contribution in [0.5, 0.6) is 0 Å². The third-order valence-electron chi connectivity index (χ3n) is 3.92. The third-order valence-corrected chi connectivity index (χ3v) is 6.65. The van der Waals surface area contributed by atoms with Crippen molar-refractivity contribution < 1.29 is 23.9 Å². The Morgan fingerprint density at radius 1 is 1.04 bits per heavy atom. The molecule has 1 aliphatic heterocycles. The van der Waals surface area contributed by atoms with Gasteiger partial charge in [-0.1, -0.05) is 0 Å². The Hall–Kier alpha value is -1.85. The normalized spacial score (nSPS) is 22.9. The first-order chi connectivity index (χ1) is 12.7. The molecule has 1 aromatic carbocycles. The molecule has 2 amide bonds. The molecule has 154 valence electrons. The van der Waals surface area contributed by atoms with Crippen LogP contribution in [0.1, 0.15) is 54.9 Å². The Kier molecular flexibility index (Phi) is 6.31. The van der Waals surface area contributed by atoms with E-state index >= 15 is 0 Å². The molecule has 1 saturated heterocycles. The van der Waals surface area contributed by atoms with E-state index in [4.69, 9.17) is 9.47 Å². The SMILES string of the molecule is CC(C)(C)OC(=O)[C@@H]1CC(C)([Se]c2ccccc2)C(=O)N1C(=O)OC(C)(C)C. The van der Waals surface area contributed by atoms with Crippen LogP contribution >= 0.6 is 0 Å². The van der Waals surface area contributed by atoms with Crippen molar-refractivity contribution in [3.63, 3.8) is 0 Å². The van der Waals surface area contributed by atoms with Crippen molar-refractivity contribution in [2.75, 3.05) is 0 Å². The van der Waals surface area contributed by atoms with Gasteiger partial charge in [0.05, 0.1) is 0 Å². The van der Waals surface area contributed by atoms with Crippen LogP contribution in [0.25, 0.3) is 0 Å². The number of nitrogens with zero attached hydrogens (tertiary/aromatic N) is 1. The summed E-state index contributed by atoms with van der Waals surface area (Å²) in [6.07, 6.45) is -0.588. The van der Waals surface area contributed by atoms with E-state index in [0.717, 1.165) is 9.36 Å². The van der Waals surface area contributed by atoms with Gasteiger partial charge in [0.2, 0.25) is 0 Å². The van der Waals surface area contributed by atoms with E-state index in [0.29, 0.717) is 0 Å². The predicted octanol–water partition coefficient (Wildman–Crippen LogP) is 3.07. The van der Waals surface area contributed by atoms with Gasteiger partial charge in [-0.25, -0.2) is 0 Å². The maximum absolute atomic E-state index is 13.3. The molecule has 0 aliphatic carbocycles. The average molecular weight is 454 g/mol. The number of hydrogen-bond donors (Lipinski definition) is 0. The van der Waals surface area contributed by atoms with E-state index in [1.54, 1.807) is 41.5 Å². The topological polar surface area (TPSA) is 72.9 Å². The summed E-state index contributed by atoms with van der Waals surface area (Å²) >= 11 is -0.262. The van der Waals surface area contributed by atoms with Gasteiger partial charge in [-0.3, -0.25) is 0 Å². The molecular formula is C21H29NO5Se. The van der Waals surface area contributed by atoms with E-state index < -0.39 is 33.6 Å². The maximum atomic E-state index is 13.3. The number of ether oxygens (including phenoxy) is 2. The van der Waals surface area contributed by atoms with Gasteiger partial charge in [-0.2, -0.15) is 0 Å². The fourth-order valence-corrected chi connectivity index (χ4v) is 5.46. The molecule has 0 spiro atoms. The quantitative estimate of drug-likeness (QED) is 0.519. The minimum atomic E-state index is -0.989. The summed E-state index contributed by atoms with van der Waals surface area (Å²) < 4.78 is 11.1. The van der Waals surface area contributed by atoms with Crippen LogP contribution in [0.3, 0.4) is 0 Å². The van der Waals surface area contributed by atoms with Crippen LogP contribution in [0.4, 0.5) is 4.79 Å². The number of rotatable bonds is 3. The molecule has 6 nitrogen and oxygen atoms in total. The van der Waals surface area contributed by atoms with Crippen LogP contribution in [-0.4, -0.2) is 55.1 Å². The molecule has 0 N–H and O–H groups in total. The zero-order valence-corrected chi connectivity index (χ0v) is 19.3. The first kappa shape index (κ1) is 22.4.